The number of allylic oxidation sites excluding steroid dienone is 6. The quantitative estimate of drug-likeness (QED) is 0.343. The summed E-state index contributed by atoms with van der Waals surface area (Å²) < 4.78 is 11.6. The van der Waals surface area contributed by atoms with E-state index in [1.807, 2.05) is 24.3 Å². The highest BCUT2D eigenvalue weighted by atomic mass is 32.1. The molecule has 6 nitrogen and oxygen atoms in total. The Morgan fingerprint density at radius 1 is 0.645 bits per heavy atom. The molecule has 0 fully saturated rings. The van der Waals surface area contributed by atoms with Gasteiger partial charge in [-0.3, -0.25) is 0 Å². The molecule has 31 heavy (non-hydrogen) atoms. The Morgan fingerprint density at radius 3 is 1.45 bits per heavy atom. The van der Waals surface area contributed by atoms with Crippen LogP contribution in [-0.2, 0) is 0 Å². The number of nitriles is 4. The third-order valence-electron chi connectivity index (χ3n) is 3.87. The smallest absolute Gasteiger partial charge is 0.144 e. The molecule has 0 N–H and O–H groups in total. The molecule has 3 aromatic rings. The third-order valence-corrected chi connectivity index (χ3v) is 4.99. The zero-order valence-corrected chi connectivity index (χ0v) is 16.8. The summed E-state index contributed by atoms with van der Waals surface area (Å²) in [6.07, 6.45) is 9.38. The fourth-order valence-electron chi connectivity index (χ4n) is 2.43. The molecule has 3 rings (SSSR count). The lowest BCUT2D eigenvalue weighted by Gasteiger charge is -1.91. The molecule has 0 aliphatic carbocycles. The van der Waals surface area contributed by atoms with Crippen LogP contribution in [0.25, 0.3) is 33.4 Å². The van der Waals surface area contributed by atoms with Gasteiger partial charge >= 0.3 is 0 Å². The minimum Gasteiger partial charge on any atom is -0.456 e. The van der Waals surface area contributed by atoms with Crippen molar-refractivity contribution in [2.45, 2.75) is 0 Å². The molecule has 0 aliphatic rings. The Morgan fingerprint density at radius 2 is 1.06 bits per heavy atom. The summed E-state index contributed by atoms with van der Waals surface area (Å²) in [5.74, 6) is 2.59. The summed E-state index contributed by atoms with van der Waals surface area (Å²) in [7, 11) is 0. The third kappa shape index (κ3) is 5.37. The van der Waals surface area contributed by atoms with Crippen LogP contribution in [0.15, 0.2) is 80.7 Å². The molecule has 3 aromatic heterocycles. The lowest BCUT2D eigenvalue weighted by atomic mass is 10.3. The van der Waals surface area contributed by atoms with E-state index < -0.39 is 0 Å². The predicted molar refractivity (Wildman–Crippen MR) is 116 cm³/mol. The van der Waals surface area contributed by atoms with E-state index >= 15 is 0 Å². The highest BCUT2D eigenvalue weighted by Crippen LogP contribution is 2.36. The number of furan rings is 2. The van der Waals surface area contributed by atoms with Crippen LogP contribution < -0.4 is 0 Å². The van der Waals surface area contributed by atoms with Crippen molar-refractivity contribution in [3.63, 3.8) is 0 Å². The maximum absolute atomic E-state index is 8.73. The molecular weight excluding hydrogens is 408 g/mol. The molecule has 0 amide bonds. The van der Waals surface area contributed by atoms with Crippen molar-refractivity contribution in [3.8, 4) is 45.6 Å². The lowest BCUT2D eigenvalue weighted by Crippen LogP contribution is -1.68. The first-order valence-electron chi connectivity index (χ1n) is 8.84. The fourth-order valence-corrected chi connectivity index (χ4v) is 3.36. The molecule has 0 saturated heterocycles. The van der Waals surface area contributed by atoms with E-state index in [0.717, 1.165) is 9.75 Å². The van der Waals surface area contributed by atoms with Gasteiger partial charge in [0.1, 0.15) is 58.5 Å². The lowest BCUT2D eigenvalue weighted by molar-refractivity contribution is 0.573. The van der Waals surface area contributed by atoms with Crippen molar-refractivity contribution in [2.24, 2.45) is 0 Å². The standard InChI is InChI=1S/C24H12N4O2S/c25-13-17(14-26)3-1-5-19-7-9-21(29-19)23-11-12-24(31-23)22-10-8-20(30-22)6-2-4-18(15-27)16-28/h1-12H/b5-1+,6-2+. The Hall–Kier alpha value is -4.82. The van der Waals surface area contributed by atoms with E-state index in [1.165, 1.54) is 23.5 Å². The first kappa shape index (κ1) is 20.9. The summed E-state index contributed by atoms with van der Waals surface area (Å²) in [6.45, 7) is 0. The largest absolute Gasteiger partial charge is 0.456 e. The van der Waals surface area contributed by atoms with Crippen LogP contribution in [-0.4, -0.2) is 0 Å². The molecule has 0 unspecified atom stereocenters. The summed E-state index contributed by atoms with van der Waals surface area (Å²) >= 11 is 1.51. The van der Waals surface area contributed by atoms with Crippen LogP contribution in [0.1, 0.15) is 11.5 Å². The van der Waals surface area contributed by atoms with Gasteiger partial charge in [0.05, 0.1) is 9.75 Å². The Kier molecular flexibility index (Phi) is 6.81. The SMILES string of the molecule is N#CC(C#N)=C/C=C/c1ccc(-c2ccc(-c3ccc(/C=C/C=C(C#N)C#N)o3)s2)o1. The molecule has 0 radical (unpaired) electrons. The van der Waals surface area contributed by atoms with Crippen molar-refractivity contribution in [1.29, 1.82) is 21.0 Å². The molecule has 146 valence electrons. The topological polar surface area (TPSA) is 121 Å². The molecule has 3 heterocycles. The number of hydrogen-bond acceptors (Lipinski definition) is 7. The second-order valence-corrected chi connectivity index (χ2v) is 6.98. The van der Waals surface area contributed by atoms with Gasteiger partial charge in [0, 0.05) is 0 Å². The Bertz CT molecular complexity index is 1250. The highest BCUT2D eigenvalue weighted by molar-refractivity contribution is 7.18. The van der Waals surface area contributed by atoms with Gasteiger partial charge in [0.15, 0.2) is 0 Å². The van der Waals surface area contributed by atoms with Gasteiger partial charge in [0.2, 0.25) is 0 Å². The molecule has 7 heteroatoms. The van der Waals surface area contributed by atoms with Crippen LogP contribution in [0.4, 0.5) is 0 Å². The van der Waals surface area contributed by atoms with Crippen molar-refractivity contribution in [3.05, 3.63) is 83.4 Å². The first-order chi connectivity index (χ1) is 15.2. The number of thiophene rings is 1. The first-order valence-corrected chi connectivity index (χ1v) is 9.66. The van der Waals surface area contributed by atoms with Crippen LogP contribution in [0, 0.1) is 45.3 Å². The van der Waals surface area contributed by atoms with Crippen molar-refractivity contribution < 1.29 is 8.83 Å². The maximum Gasteiger partial charge on any atom is 0.144 e. The Labute approximate surface area is 182 Å². The van der Waals surface area contributed by atoms with Crippen molar-refractivity contribution >= 4 is 23.5 Å². The molecular formula is C24H12N4O2S. The zero-order valence-electron chi connectivity index (χ0n) is 15.9. The van der Waals surface area contributed by atoms with E-state index in [9.17, 15) is 0 Å². The van der Waals surface area contributed by atoms with Crippen LogP contribution in [0.5, 0.6) is 0 Å². The molecule has 0 saturated carbocycles. The van der Waals surface area contributed by atoms with Gasteiger partial charge in [-0.25, -0.2) is 0 Å². The molecule has 0 aromatic carbocycles. The maximum atomic E-state index is 8.73. The van der Waals surface area contributed by atoms with Crippen molar-refractivity contribution in [2.75, 3.05) is 0 Å². The van der Waals surface area contributed by atoms with Crippen LogP contribution in [0.3, 0.4) is 0 Å². The molecule has 0 spiro atoms. The van der Waals surface area contributed by atoms with Gasteiger partial charge in [-0.05, 0) is 60.7 Å². The zero-order chi connectivity index (χ0) is 22.1. The molecule has 0 aliphatic heterocycles. The monoisotopic (exact) mass is 420 g/mol. The van der Waals surface area contributed by atoms with Crippen LogP contribution >= 0.6 is 11.3 Å². The predicted octanol–water partition coefficient (Wildman–Crippen LogP) is 6.24. The second-order valence-electron chi connectivity index (χ2n) is 5.89. The number of hydrogen-bond donors (Lipinski definition) is 0. The Balaban J connectivity index is 1.72. The molecule has 0 bridgehead atoms. The van der Waals surface area contributed by atoms with Gasteiger partial charge in [-0.2, -0.15) is 21.0 Å². The highest BCUT2D eigenvalue weighted by Gasteiger charge is 2.10. The number of rotatable bonds is 6. The normalized spacial score (nSPS) is 10.2. The van der Waals surface area contributed by atoms with E-state index in [4.69, 9.17) is 29.9 Å². The van der Waals surface area contributed by atoms with Gasteiger partial charge in [0.25, 0.3) is 0 Å². The van der Waals surface area contributed by atoms with E-state index in [2.05, 4.69) is 0 Å². The number of nitrogens with zero attached hydrogens (tertiary/aromatic N) is 4. The summed E-state index contributed by atoms with van der Waals surface area (Å²) in [5.41, 5.74) is 0.0374. The minimum atomic E-state index is 0.0187. The summed E-state index contributed by atoms with van der Waals surface area (Å²) in [4.78, 5) is 1.84. The molecule has 0 atom stereocenters. The second kappa shape index (κ2) is 10.1. The average molecular weight is 420 g/mol. The van der Waals surface area contributed by atoms with E-state index in [-0.39, 0.29) is 11.1 Å². The summed E-state index contributed by atoms with van der Waals surface area (Å²) in [6, 6.07) is 18.3. The summed E-state index contributed by atoms with van der Waals surface area (Å²) in [5, 5.41) is 34.9. The van der Waals surface area contributed by atoms with Crippen molar-refractivity contribution in [1.82, 2.24) is 0 Å². The van der Waals surface area contributed by atoms with E-state index in [1.54, 1.807) is 60.7 Å². The average Bonchev–Trinajstić information content (AvgIpc) is 3.54. The fraction of sp³-hybridized carbons (Fsp3) is 0. The van der Waals surface area contributed by atoms with Crippen LogP contribution in [0.2, 0.25) is 0 Å². The minimum absolute atomic E-state index is 0.0187. The van der Waals surface area contributed by atoms with E-state index in [0.29, 0.717) is 23.0 Å². The van der Waals surface area contributed by atoms with Gasteiger partial charge in [-0.15, -0.1) is 11.3 Å². The van der Waals surface area contributed by atoms with Gasteiger partial charge in [-0.1, -0.05) is 12.2 Å². The van der Waals surface area contributed by atoms with Gasteiger partial charge < -0.3 is 8.83 Å².